The van der Waals surface area contributed by atoms with Crippen molar-refractivity contribution in [3.63, 3.8) is 0 Å². The molecule has 7 nitrogen and oxygen atoms in total. The molecule has 40 heavy (non-hydrogen) atoms. The van der Waals surface area contributed by atoms with Crippen LogP contribution in [0, 0.1) is 6.92 Å². The predicted molar refractivity (Wildman–Crippen MR) is 161 cm³/mol. The third kappa shape index (κ3) is 9.68. The van der Waals surface area contributed by atoms with Crippen molar-refractivity contribution in [2.45, 2.75) is 117 Å². The molecule has 3 atom stereocenters. The van der Waals surface area contributed by atoms with Crippen LogP contribution in [-0.2, 0) is 20.7 Å². The number of hydrogen-bond donors (Lipinski definition) is 2. The number of rotatable bonds is 12. The SMILES string of the molecule is CCCC(C)NC(=O)C(c1ccc(C)cc1)N(C(=O)C(Cc1ccccc1)NC(=O)OC(C)(C)C)C(C)(C)CC. The third-order valence-corrected chi connectivity index (χ3v) is 7.04. The standard InChI is InChI=1S/C33H49N3O4/c1-10-15-24(4)34-29(37)28(26-20-18-23(3)19-21-26)36(33(8,9)11-2)30(38)27(22-25-16-13-12-14-17-25)35-31(39)40-32(5,6)7/h12-14,16-21,24,27-28H,10-11,15,22H2,1-9H3,(H,34,37)(H,35,39). The number of nitrogens with zero attached hydrogens (tertiary/aromatic N) is 1. The molecule has 0 aliphatic heterocycles. The zero-order valence-electron chi connectivity index (χ0n) is 25.8. The van der Waals surface area contributed by atoms with Gasteiger partial charge in [0.1, 0.15) is 17.7 Å². The van der Waals surface area contributed by atoms with Crippen LogP contribution in [-0.4, -0.2) is 46.0 Å². The molecule has 0 saturated carbocycles. The molecule has 3 unspecified atom stereocenters. The maximum atomic E-state index is 14.6. The first-order valence-electron chi connectivity index (χ1n) is 14.4. The number of aryl methyl sites for hydroxylation is 1. The maximum Gasteiger partial charge on any atom is 0.408 e. The Labute approximate surface area is 241 Å². The van der Waals surface area contributed by atoms with Gasteiger partial charge in [0.15, 0.2) is 0 Å². The van der Waals surface area contributed by atoms with Gasteiger partial charge in [0.2, 0.25) is 11.8 Å². The Hall–Kier alpha value is -3.35. The van der Waals surface area contributed by atoms with Crippen LogP contribution in [0.15, 0.2) is 54.6 Å². The monoisotopic (exact) mass is 551 g/mol. The van der Waals surface area contributed by atoms with Crippen LogP contribution >= 0.6 is 0 Å². The molecule has 0 spiro atoms. The van der Waals surface area contributed by atoms with Crippen LogP contribution in [0.5, 0.6) is 0 Å². The average molecular weight is 552 g/mol. The number of benzene rings is 2. The fourth-order valence-corrected chi connectivity index (χ4v) is 4.61. The van der Waals surface area contributed by atoms with Crippen LogP contribution in [0.25, 0.3) is 0 Å². The Morgan fingerprint density at radius 1 is 0.900 bits per heavy atom. The zero-order chi connectivity index (χ0) is 30.1. The second-order valence-electron chi connectivity index (χ2n) is 12.3. The van der Waals surface area contributed by atoms with Crippen LogP contribution in [0.1, 0.15) is 97.4 Å². The van der Waals surface area contributed by atoms with Gasteiger partial charge < -0.3 is 20.3 Å². The highest BCUT2D eigenvalue weighted by Gasteiger charge is 2.43. The molecule has 0 radical (unpaired) electrons. The van der Waals surface area contributed by atoms with E-state index in [4.69, 9.17) is 4.74 Å². The van der Waals surface area contributed by atoms with Gasteiger partial charge >= 0.3 is 6.09 Å². The number of carbonyl (C=O) groups excluding carboxylic acids is 3. The van der Waals surface area contributed by atoms with Crippen molar-refractivity contribution in [3.8, 4) is 0 Å². The molecule has 2 rings (SSSR count). The number of alkyl carbamates (subject to hydrolysis) is 1. The summed E-state index contributed by atoms with van der Waals surface area (Å²) in [6.07, 6.45) is 1.93. The fourth-order valence-electron chi connectivity index (χ4n) is 4.61. The van der Waals surface area contributed by atoms with Crippen molar-refractivity contribution < 1.29 is 19.1 Å². The molecule has 0 aromatic heterocycles. The Bertz CT molecular complexity index is 1110. The van der Waals surface area contributed by atoms with Crippen LogP contribution in [0.2, 0.25) is 0 Å². The molecular formula is C33H49N3O4. The number of amides is 3. The third-order valence-electron chi connectivity index (χ3n) is 7.04. The Kier molecular flexibility index (Phi) is 11.8. The Morgan fingerprint density at radius 2 is 1.50 bits per heavy atom. The van der Waals surface area contributed by atoms with E-state index < -0.39 is 29.3 Å². The van der Waals surface area contributed by atoms with E-state index in [2.05, 4.69) is 17.6 Å². The molecule has 0 heterocycles. The summed E-state index contributed by atoms with van der Waals surface area (Å²) in [6.45, 7) is 17.3. The van der Waals surface area contributed by atoms with E-state index in [1.54, 1.807) is 25.7 Å². The van der Waals surface area contributed by atoms with Crippen molar-refractivity contribution in [1.82, 2.24) is 15.5 Å². The van der Waals surface area contributed by atoms with Crippen molar-refractivity contribution >= 4 is 17.9 Å². The van der Waals surface area contributed by atoms with E-state index in [1.807, 2.05) is 89.2 Å². The highest BCUT2D eigenvalue weighted by atomic mass is 16.6. The highest BCUT2D eigenvalue weighted by molar-refractivity contribution is 5.93. The normalized spacial score (nSPS) is 14.0. The average Bonchev–Trinajstić information content (AvgIpc) is 2.86. The number of hydrogen-bond acceptors (Lipinski definition) is 4. The Balaban J connectivity index is 2.64. The molecule has 0 aliphatic carbocycles. The summed E-state index contributed by atoms with van der Waals surface area (Å²) in [7, 11) is 0. The lowest BCUT2D eigenvalue weighted by molar-refractivity contribution is -0.149. The van der Waals surface area contributed by atoms with Gasteiger partial charge in [-0.1, -0.05) is 80.4 Å². The molecule has 2 aromatic carbocycles. The van der Waals surface area contributed by atoms with E-state index in [1.165, 1.54) is 0 Å². The molecule has 3 amide bonds. The maximum absolute atomic E-state index is 14.6. The first-order chi connectivity index (χ1) is 18.7. The molecule has 0 aliphatic rings. The quantitative estimate of drug-likeness (QED) is 0.315. The second kappa shape index (κ2) is 14.3. The zero-order valence-corrected chi connectivity index (χ0v) is 25.8. The first kappa shape index (κ1) is 32.9. The van der Waals surface area contributed by atoms with E-state index in [0.717, 1.165) is 29.5 Å². The molecule has 0 fully saturated rings. The van der Waals surface area contributed by atoms with Gasteiger partial charge in [0.05, 0.1) is 0 Å². The van der Waals surface area contributed by atoms with Crippen LogP contribution in [0.3, 0.4) is 0 Å². The number of carbonyl (C=O) groups is 3. The lowest BCUT2D eigenvalue weighted by Gasteiger charge is -2.45. The van der Waals surface area contributed by atoms with Gasteiger partial charge in [-0.25, -0.2) is 4.79 Å². The minimum Gasteiger partial charge on any atom is -0.444 e. The number of nitrogens with one attached hydrogen (secondary N) is 2. The van der Waals surface area contributed by atoms with Gasteiger partial charge in [-0.3, -0.25) is 9.59 Å². The minimum absolute atomic E-state index is 0.0489. The lowest BCUT2D eigenvalue weighted by atomic mass is 9.90. The first-order valence-corrected chi connectivity index (χ1v) is 14.4. The summed E-state index contributed by atoms with van der Waals surface area (Å²) >= 11 is 0. The highest BCUT2D eigenvalue weighted by Crippen LogP contribution is 2.33. The van der Waals surface area contributed by atoms with E-state index in [-0.39, 0.29) is 24.3 Å². The van der Waals surface area contributed by atoms with Crippen molar-refractivity contribution in [2.24, 2.45) is 0 Å². The molecule has 7 heteroatoms. The largest absolute Gasteiger partial charge is 0.444 e. The fraction of sp³-hybridized carbons (Fsp3) is 0.545. The second-order valence-corrected chi connectivity index (χ2v) is 12.3. The van der Waals surface area contributed by atoms with Crippen LogP contribution in [0.4, 0.5) is 4.79 Å². The van der Waals surface area contributed by atoms with E-state index >= 15 is 0 Å². The smallest absolute Gasteiger partial charge is 0.408 e. The molecule has 2 aromatic rings. The van der Waals surface area contributed by atoms with Crippen molar-refractivity contribution in [3.05, 3.63) is 71.3 Å². The summed E-state index contributed by atoms with van der Waals surface area (Å²) in [5, 5.41) is 5.97. The molecule has 0 bridgehead atoms. The topological polar surface area (TPSA) is 87.7 Å². The number of ether oxygens (including phenoxy) is 1. The lowest BCUT2D eigenvalue weighted by Crippen LogP contribution is -2.60. The molecule has 220 valence electrons. The van der Waals surface area contributed by atoms with Crippen LogP contribution < -0.4 is 10.6 Å². The summed E-state index contributed by atoms with van der Waals surface area (Å²) in [5.74, 6) is -0.583. The van der Waals surface area contributed by atoms with Gasteiger partial charge in [0.25, 0.3) is 0 Å². The van der Waals surface area contributed by atoms with E-state index in [9.17, 15) is 14.4 Å². The summed E-state index contributed by atoms with van der Waals surface area (Å²) in [6, 6.07) is 15.4. The minimum atomic E-state index is -0.947. The van der Waals surface area contributed by atoms with Crippen molar-refractivity contribution in [2.75, 3.05) is 0 Å². The summed E-state index contributed by atoms with van der Waals surface area (Å²) in [4.78, 5) is 43.2. The molecule has 0 saturated heterocycles. The van der Waals surface area contributed by atoms with E-state index in [0.29, 0.717) is 6.42 Å². The summed E-state index contributed by atoms with van der Waals surface area (Å²) in [5.41, 5.74) is 1.23. The van der Waals surface area contributed by atoms with Gasteiger partial charge in [-0.2, -0.15) is 0 Å². The molecule has 2 N–H and O–H groups in total. The predicted octanol–water partition coefficient (Wildman–Crippen LogP) is 6.49. The van der Waals surface area contributed by atoms with Gasteiger partial charge in [-0.15, -0.1) is 0 Å². The molecular weight excluding hydrogens is 502 g/mol. The summed E-state index contributed by atoms with van der Waals surface area (Å²) < 4.78 is 5.53. The van der Waals surface area contributed by atoms with Gasteiger partial charge in [-0.05, 0) is 72.4 Å². The van der Waals surface area contributed by atoms with Crippen molar-refractivity contribution in [1.29, 1.82) is 0 Å². The van der Waals surface area contributed by atoms with Gasteiger partial charge in [0, 0.05) is 18.0 Å². The Morgan fingerprint density at radius 3 is 2.02 bits per heavy atom.